The van der Waals surface area contributed by atoms with Crippen LogP contribution >= 0.6 is 45.7 Å². The van der Waals surface area contributed by atoms with Gasteiger partial charge in [0.05, 0.1) is 7.11 Å². The molecule has 2 N–H and O–H groups in total. The van der Waals surface area contributed by atoms with Crippen LogP contribution in [0, 0.1) is 0 Å². The van der Waals surface area contributed by atoms with Crippen LogP contribution in [0.2, 0.25) is 0 Å². The number of nitrogens with one attached hydrogen (secondary N) is 2. The number of ether oxygens (including phenoxy) is 4. The number of methoxy groups -OCH3 is 1. The zero-order valence-electron chi connectivity index (χ0n) is 31.2. The minimum atomic E-state index is -1.63. The van der Waals surface area contributed by atoms with Crippen molar-refractivity contribution < 1.29 is 47.8 Å². The molecule has 3 amide bonds. The number of aromatic nitrogens is 1. The summed E-state index contributed by atoms with van der Waals surface area (Å²) in [5.74, 6) is -2.11. The number of hydrogen-bond donors (Lipinski definition) is 2. The van der Waals surface area contributed by atoms with Crippen molar-refractivity contribution in [1.82, 2.24) is 15.2 Å². The highest BCUT2D eigenvalue weighted by atomic mass is 127. The van der Waals surface area contributed by atoms with Crippen LogP contribution in [0.4, 0.5) is 9.93 Å². The smallest absolute Gasteiger partial charge is 0.413 e. The Bertz CT molecular complexity index is 1800. The van der Waals surface area contributed by atoms with E-state index in [1.54, 1.807) is 72.9 Å². The van der Waals surface area contributed by atoms with Gasteiger partial charge in [-0.15, -0.1) is 23.1 Å². The van der Waals surface area contributed by atoms with Crippen molar-refractivity contribution in [2.75, 3.05) is 16.9 Å². The Morgan fingerprint density at radius 1 is 1.00 bits per heavy atom. The number of carbonyl (C=O) groups excluding carboxylic acids is 5. The van der Waals surface area contributed by atoms with E-state index in [0.29, 0.717) is 10.2 Å². The first kappa shape index (κ1) is 41.8. The molecule has 2 aliphatic rings. The molecule has 3 atom stereocenters. The molecule has 0 aliphatic carbocycles. The third-order valence-corrected chi connectivity index (χ3v) is 10.4. The average molecular weight is 886 g/mol. The van der Waals surface area contributed by atoms with Crippen LogP contribution in [-0.4, -0.2) is 90.4 Å². The zero-order chi connectivity index (χ0) is 39.5. The molecule has 4 rings (SSSR count). The fourth-order valence-electron chi connectivity index (χ4n) is 4.80. The summed E-state index contributed by atoms with van der Waals surface area (Å²) in [5.41, 5.74) is -2.00. The Morgan fingerprint density at radius 3 is 2.23 bits per heavy atom. The monoisotopic (exact) mass is 885 g/mol. The lowest BCUT2D eigenvalue weighted by atomic mass is 10.0. The van der Waals surface area contributed by atoms with E-state index < -0.39 is 58.1 Å². The van der Waals surface area contributed by atoms with Crippen LogP contribution in [-0.2, 0) is 44.8 Å². The quantitative estimate of drug-likeness (QED) is 0.0516. The van der Waals surface area contributed by atoms with E-state index in [2.05, 4.69) is 43.4 Å². The van der Waals surface area contributed by atoms with Crippen molar-refractivity contribution >= 4 is 86.4 Å². The fraction of sp³-hybridized carbons (Fsp3) is 0.514. The molecule has 2 aromatic rings. The Hall–Kier alpha value is -3.91. The average Bonchev–Trinajstić information content (AvgIpc) is 3.51. The van der Waals surface area contributed by atoms with Crippen molar-refractivity contribution in [2.24, 2.45) is 5.16 Å². The van der Waals surface area contributed by atoms with Crippen LogP contribution < -0.4 is 15.4 Å². The molecule has 15 nitrogen and oxygen atoms in total. The summed E-state index contributed by atoms with van der Waals surface area (Å²) in [7, 11) is 1.56. The number of amides is 3. The third-order valence-electron chi connectivity index (χ3n) is 7.40. The van der Waals surface area contributed by atoms with E-state index in [4.69, 9.17) is 23.8 Å². The highest BCUT2D eigenvalue weighted by Gasteiger charge is 2.56. The molecule has 2 aliphatic heterocycles. The van der Waals surface area contributed by atoms with Crippen LogP contribution in [0.3, 0.4) is 0 Å². The van der Waals surface area contributed by atoms with Crippen LogP contribution in [0.15, 0.2) is 46.1 Å². The number of benzene rings is 1. The number of carbonyl (C=O) groups is 5. The van der Waals surface area contributed by atoms with Gasteiger partial charge in [0, 0.05) is 15.1 Å². The summed E-state index contributed by atoms with van der Waals surface area (Å²) in [4.78, 5) is 77.8. The molecule has 0 unspecified atom stereocenters. The number of fused-ring (bicyclic) bond motifs is 1. The molecule has 288 valence electrons. The standard InChI is InChI=1S/C35H44IN5O10S2/c1-18-21(15-36)25(29(44)48-16-19-11-13-20(47-10)14-12-19)41-27(43)24(28(41)53-18)38-26(42)23(40-51-35(8,9)30(45)49-33(2,3)4)22-17-52-31(37-22)39-32(46)50-34(5,6)7/h11-14,17-18,24,28H,15-16H2,1-10H3,(H,38,42)(H,37,39,46)/b40-23-/t18-,24+,28+/m0/s1. The maximum atomic E-state index is 13.9. The number of nitrogens with zero attached hydrogens (tertiary/aromatic N) is 3. The minimum Gasteiger partial charge on any atom is -0.497 e. The van der Waals surface area contributed by atoms with Gasteiger partial charge in [-0.05, 0) is 85.6 Å². The summed E-state index contributed by atoms with van der Waals surface area (Å²) in [6.07, 6.45) is -0.760. The fourth-order valence-corrected chi connectivity index (χ4v) is 8.25. The molecule has 1 aromatic heterocycles. The topological polar surface area (TPSA) is 184 Å². The highest BCUT2D eigenvalue weighted by molar-refractivity contribution is 14.1. The normalized spacial score (nSPS) is 19.1. The molecule has 18 heteroatoms. The van der Waals surface area contributed by atoms with Crippen molar-refractivity contribution in [2.45, 2.75) is 102 Å². The number of rotatable bonds is 12. The maximum absolute atomic E-state index is 13.9. The maximum Gasteiger partial charge on any atom is 0.413 e. The number of β-lactam (4-membered cyclic amide) rings is 1. The van der Waals surface area contributed by atoms with Gasteiger partial charge in [-0.25, -0.2) is 19.4 Å². The van der Waals surface area contributed by atoms with E-state index in [0.717, 1.165) is 22.5 Å². The molecular formula is C35H44IN5O10S2. The molecule has 1 fully saturated rings. The molecule has 53 heavy (non-hydrogen) atoms. The van der Waals surface area contributed by atoms with Gasteiger partial charge in [0.2, 0.25) is 5.60 Å². The van der Waals surface area contributed by atoms with Gasteiger partial charge in [0.1, 0.15) is 46.4 Å². The van der Waals surface area contributed by atoms with Crippen molar-refractivity contribution in [3.05, 3.63) is 52.2 Å². The van der Waals surface area contributed by atoms with Gasteiger partial charge in [-0.2, -0.15) is 0 Å². The predicted molar refractivity (Wildman–Crippen MR) is 208 cm³/mol. The molecule has 3 heterocycles. The van der Waals surface area contributed by atoms with Gasteiger partial charge in [-0.3, -0.25) is 19.8 Å². The predicted octanol–water partition coefficient (Wildman–Crippen LogP) is 5.56. The number of alkyl halides is 1. The van der Waals surface area contributed by atoms with Crippen molar-refractivity contribution in [3.63, 3.8) is 0 Å². The van der Waals surface area contributed by atoms with Crippen molar-refractivity contribution in [1.29, 1.82) is 0 Å². The Labute approximate surface area is 330 Å². The summed E-state index contributed by atoms with van der Waals surface area (Å²) in [6, 6.07) is 6.01. The van der Waals surface area contributed by atoms with Crippen molar-refractivity contribution in [3.8, 4) is 5.75 Å². The van der Waals surface area contributed by atoms with Crippen LogP contribution in [0.25, 0.3) is 0 Å². The number of oxime groups is 1. The first-order valence-corrected chi connectivity index (χ1v) is 19.8. The van der Waals surface area contributed by atoms with E-state index in [1.165, 1.54) is 35.9 Å². The van der Waals surface area contributed by atoms with Gasteiger partial charge in [-0.1, -0.05) is 39.9 Å². The van der Waals surface area contributed by atoms with Crippen LogP contribution in [0.1, 0.15) is 73.6 Å². The molecule has 0 bridgehead atoms. The molecule has 0 radical (unpaired) electrons. The number of halogens is 1. The number of thioether (sulfide) groups is 1. The largest absolute Gasteiger partial charge is 0.497 e. The van der Waals surface area contributed by atoms with Gasteiger partial charge < -0.3 is 29.1 Å². The van der Waals surface area contributed by atoms with Gasteiger partial charge in [0.15, 0.2) is 10.8 Å². The van der Waals surface area contributed by atoms with E-state index in [-0.39, 0.29) is 34.1 Å². The molecule has 0 spiro atoms. The van der Waals surface area contributed by atoms with Gasteiger partial charge in [0.25, 0.3) is 11.8 Å². The van der Waals surface area contributed by atoms with E-state index in [1.807, 2.05) is 6.92 Å². The first-order valence-electron chi connectivity index (χ1n) is 16.5. The number of thiazole rings is 1. The number of esters is 2. The lowest BCUT2D eigenvalue weighted by molar-refractivity contribution is -0.179. The Kier molecular flexibility index (Phi) is 13.1. The lowest BCUT2D eigenvalue weighted by Crippen LogP contribution is -2.71. The SMILES string of the molecule is COc1ccc(COC(=O)C2=C(CI)[C@H](C)S[C@@H]3[C@H](NC(=O)/C(=N\OC(C)(C)C(=O)OC(C)(C)C)c4csc(NC(=O)OC(C)(C)C)n4)C(=O)N23)cc1. The summed E-state index contributed by atoms with van der Waals surface area (Å²) < 4.78 is 22.1. The minimum absolute atomic E-state index is 0.0123. The molecule has 1 aromatic carbocycles. The molecule has 0 saturated carbocycles. The van der Waals surface area contributed by atoms with E-state index >= 15 is 0 Å². The second kappa shape index (κ2) is 16.6. The van der Waals surface area contributed by atoms with Gasteiger partial charge >= 0.3 is 18.0 Å². The third kappa shape index (κ3) is 10.6. The second-order valence-corrected chi connectivity index (χ2v) is 17.6. The summed E-state index contributed by atoms with van der Waals surface area (Å²) in [6.45, 7) is 15.0. The highest BCUT2D eigenvalue weighted by Crippen LogP contribution is 2.45. The molecular weight excluding hydrogens is 841 g/mol. The first-order chi connectivity index (χ1) is 24.6. The van der Waals surface area contributed by atoms with Crippen LogP contribution in [0.5, 0.6) is 5.75 Å². The zero-order valence-corrected chi connectivity index (χ0v) is 34.9. The Balaban J connectivity index is 1.57. The second-order valence-electron chi connectivity index (χ2n) is 14.5. The lowest BCUT2D eigenvalue weighted by Gasteiger charge is -2.51. The molecule has 1 saturated heterocycles. The Morgan fingerprint density at radius 2 is 1.64 bits per heavy atom. The summed E-state index contributed by atoms with van der Waals surface area (Å²) in [5, 5.41) is 9.99. The number of anilines is 1. The van der Waals surface area contributed by atoms with E-state index in [9.17, 15) is 24.0 Å². The number of hydrogen-bond acceptors (Lipinski definition) is 14. The summed E-state index contributed by atoms with van der Waals surface area (Å²) >= 11 is 4.55.